The van der Waals surface area contributed by atoms with Crippen molar-refractivity contribution in [3.05, 3.63) is 22.1 Å². The fourth-order valence-electron chi connectivity index (χ4n) is 1.49. The number of aromatic nitrogens is 5. The quantitative estimate of drug-likeness (QED) is 0.860. The van der Waals surface area contributed by atoms with Crippen LogP contribution >= 0.6 is 27.5 Å². The molecule has 6 nitrogen and oxygen atoms in total. The Bertz CT molecular complexity index is 539. The van der Waals surface area contributed by atoms with E-state index < -0.39 is 0 Å². The van der Waals surface area contributed by atoms with Gasteiger partial charge in [-0.15, -0.1) is 0 Å². The van der Waals surface area contributed by atoms with Gasteiger partial charge in [-0.1, -0.05) is 0 Å². The first kappa shape index (κ1) is 13.2. The molecule has 0 fully saturated rings. The van der Waals surface area contributed by atoms with Crippen molar-refractivity contribution in [3.8, 4) is 5.95 Å². The summed E-state index contributed by atoms with van der Waals surface area (Å²) in [5.74, 6) is 0.962. The van der Waals surface area contributed by atoms with Crippen LogP contribution in [0.5, 0.6) is 0 Å². The first-order chi connectivity index (χ1) is 8.63. The summed E-state index contributed by atoms with van der Waals surface area (Å²) in [4.78, 5) is 14.5. The summed E-state index contributed by atoms with van der Waals surface area (Å²) in [6.45, 7) is 5.68. The minimum Gasteiger partial charge on any atom is -0.341 e. The molecule has 2 heterocycles. The number of nitrogens with zero attached hydrogens (tertiary/aromatic N) is 6. The minimum atomic E-state index is 0.161. The average Bonchev–Trinajstić information content (AvgIpc) is 2.77. The fraction of sp³-hybridized carbons (Fsp3) is 0.400. The van der Waals surface area contributed by atoms with E-state index in [1.54, 1.807) is 17.1 Å². The molecule has 0 saturated heterocycles. The molecule has 0 aliphatic rings. The molecule has 0 aliphatic carbocycles. The third-order valence-electron chi connectivity index (χ3n) is 2.39. The Balaban J connectivity index is 2.43. The molecule has 2 rings (SSSR count). The van der Waals surface area contributed by atoms with Gasteiger partial charge in [-0.25, -0.2) is 4.68 Å². The topological polar surface area (TPSA) is 59.7 Å². The van der Waals surface area contributed by atoms with E-state index in [1.807, 2.05) is 18.7 Å². The molecule has 8 heteroatoms. The lowest BCUT2D eigenvalue weighted by Crippen LogP contribution is -2.25. The van der Waals surface area contributed by atoms with Gasteiger partial charge in [0.15, 0.2) is 0 Å². The van der Waals surface area contributed by atoms with E-state index in [0.717, 1.165) is 17.6 Å². The molecule has 0 amide bonds. The number of hydrogen-bond acceptors (Lipinski definition) is 5. The zero-order chi connectivity index (χ0) is 13.1. The fourth-order valence-corrected chi connectivity index (χ4v) is 1.93. The van der Waals surface area contributed by atoms with Gasteiger partial charge in [-0.05, 0) is 41.4 Å². The van der Waals surface area contributed by atoms with E-state index in [2.05, 4.69) is 36.0 Å². The lowest BCUT2D eigenvalue weighted by molar-refractivity contribution is 0.760. The highest BCUT2D eigenvalue weighted by Gasteiger charge is 2.11. The Morgan fingerprint density at radius 3 is 2.56 bits per heavy atom. The molecule has 0 unspecified atom stereocenters. The molecular weight excluding hydrogens is 320 g/mol. The largest absolute Gasteiger partial charge is 0.341 e. The van der Waals surface area contributed by atoms with E-state index in [4.69, 9.17) is 11.6 Å². The predicted octanol–water partition coefficient (Wildman–Crippen LogP) is 2.32. The lowest BCUT2D eigenvalue weighted by Gasteiger charge is -2.18. The molecule has 96 valence electrons. The number of anilines is 1. The summed E-state index contributed by atoms with van der Waals surface area (Å²) in [5, 5.41) is 4.28. The van der Waals surface area contributed by atoms with E-state index in [-0.39, 0.29) is 5.28 Å². The van der Waals surface area contributed by atoms with Gasteiger partial charge in [0.25, 0.3) is 5.95 Å². The smallest absolute Gasteiger partial charge is 0.256 e. The van der Waals surface area contributed by atoms with Crippen molar-refractivity contribution in [2.45, 2.75) is 13.8 Å². The minimum absolute atomic E-state index is 0.161. The third-order valence-corrected chi connectivity index (χ3v) is 2.97. The van der Waals surface area contributed by atoms with Crippen LogP contribution in [0.15, 0.2) is 16.9 Å². The van der Waals surface area contributed by atoms with Crippen LogP contribution in [0, 0.1) is 0 Å². The summed E-state index contributed by atoms with van der Waals surface area (Å²) in [6, 6.07) is 0. The standard InChI is InChI=1S/C10H12BrClN6/c1-3-17(4-2)9-14-8(12)15-10(16-9)18-6-7(11)5-13-18/h5-6H,3-4H2,1-2H3. The van der Waals surface area contributed by atoms with Gasteiger partial charge in [0.1, 0.15) is 0 Å². The van der Waals surface area contributed by atoms with Crippen molar-refractivity contribution >= 4 is 33.5 Å². The molecule has 18 heavy (non-hydrogen) atoms. The summed E-state index contributed by atoms with van der Waals surface area (Å²) >= 11 is 9.25. The highest BCUT2D eigenvalue weighted by Crippen LogP contribution is 2.14. The average molecular weight is 332 g/mol. The van der Waals surface area contributed by atoms with Crippen LogP contribution in [0.1, 0.15) is 13.8 Å². The van der Waals surface area contributed by atoms with Crippen LogP contribution in [0.2, 0.25) is 5.28 Å². The second-order valence-electron chi connectivity index (χ2n) is 3.48. The Kier molecular flexibility index (Phi) is 4.13. The molecule has 0 saturated carbocycles. The van der Waals surface area contributed by atoms with E-state index >= 15 is 0 Å². The van der Waals surface area contributed by atoms with Gasteiger partial charge in [0, 0.05) is 19.3 Å². The zero-order valence-corrected chi connectivity index (χ0v) is 12.4. The van der Waals surface area contributed by atoms with E-state index in [1.165, 1.54) is 0 Å². The molecule has 0 bridgehead atoms. The SMILES string of the molecule is CCN(CC)c1nc(Cl)nc(-n2cc(Br)cn2)n1. The maximum absolute atomic E-state index is 5.92. The molecule has 2 aromatic heterocycles. The van der Waals surface area contributed by atoms with Crippen LogP contribution in [0.3, 0.4) is 0 Å². The van der Waals surface area contributed by atoms with Gasteiger partial charge >= 0.3 is 0 Å². The van der Waals surface area contributed by atoms with E-state index in [9.17, 15) is 0 Å². The second-order valence-corrected chi connectivity index (χ2v) is 4.73. The van der Waals surface area contributed by atoms with Gasteiger partial charge in [-0.3, -0.25) is 0 Å². The summed E-state index contributed by atoms with van der Waals surface area (Å²) in [5.41, 5.74) is 0. The summed E-state index contributed by atoms with van der Waals surface area (Å²) in [6.07, 6.45) is 3.42. The molecule has 2 aromatic rings. The maximum atomic E-state index is 5.92. The van der Waals surface area contributed by atoms with Crippen LogP contribution in [0.4, 0.5) is 5.95 Å². The Morgan fingerprint density at radius 2 is 2.00 bits per heavy atom. The van der Waals surface area contributed by atoms with Crippen molar-refractivity contribution in [1.82, 2.24) is 24.7 Å². The molecule has 0 aliphatic heterocycles. The first-order valence-electron chi connectivity index (χ1n) is 5.51. The molecule has 0 spiro atoms. The summed E-state index contributed by atoms with van der Waals surface area (Å²) < 4.78 is 2.40. The highest BCUT2D eigenvalue weighted by molar-refractivity contribution is 9.10. The van der Waals surface area contributed by atoms with Crippen molar-refractivity contribution in [3.63, 3.8) is 0 Å². The molecular formula is C10H12BrClN6. The Morgan fingerprint density at radius 1 is 1.28 bits per heavy atom. The maximum Gasteiger partial charge on any atom is 0.256 e. The monoisotopic (exact) mass is 330 g/mol. The molecule has 0 atom stereocenters. The normalized spacial score (nSPS) is 10.7. The van der Waals surface area contributed by atoms with E-state index in [0.29, 0.717) is 11.9 Å². The summed E-state index contributed by atoms with van der Waals surface area (Å²) in [7, 11) is 0. The van der Waals surface area contributed by atoms with Crippen molar-refractivity contribution in [2.24, 2.45) is 0 Å². The van der Waals surface area contributed by atoms with Crippen LogP contribution in [-0.2, 0) is 0 Å². The van der Waals surface area contributed by atoms with Gasteiger partial charge < -0.3 is 4.90 Å². The van der Waals surface area contributed by atoms with Crippen molar-refractivity contribution < 1.29 is 0 Å². The van der Waals surface area contributed by atoms with Crippen LogP contribution in [-0.4, -0.2) is 37.8 Å². The van der Waals surface area contributed by atoms with Gasteiger partial charge in [-0.2, -0.15) is 20.1 Å². The third kappa shape index (κ3) is 2.78. The lowest BCUT2D eigenvalue weighted by atomic mass is 10.5. The van der Waals surface area contributed by atoms with Gasteiger partial charge in [0.2, 0.25) is 11.2 Å². The van der Waals surface area contributed by atoms with Crippen molar-refractivity contribution in [2.75, 3.05) is 18.0 Å². The molecule has 0 aromatic carbocycles. The van der Waals surface area contributed by atoms with Gasteiger partial charge in [0.05, 0.1) is 10.7 Å². The Hall–Kier alpha value is -1.21. The Labute approximate surface area is 118 Å². The van der Waals surface area contributed by atoms with Crippen molar-refractivity contribution in [1.29, 1.82) is 0 Å². The number of halogens is 2. The van der Waals surface area contributed by atoms with Crippen LogP contribution < -0.4 is 4.90 Å². The predicted molar refractivity (Wildman–Crippen MR) is 73.2 cm³/mol. The zero-order valence-electron chi connectivity index (χ0n) is 10.0. The number of rotatable bonds is 4. The van der Waals surface area contributed by atoms with Crippen LogP contribution in [0.25, 0.3) is 5.95 Å². The molecule has 0 radical (unpaired) electrons. The second kappa shape index (κ2) is 5.62. The highest BCUT2D eigenvalue weighted by atomic mass is 79.9. The number of hydrogen-bond donors (Lipinski definition) is 0. The molecule has 0 N–H and O–H groups in total. The first-order valence-corrected chi connectivity index (χ1v) is 6.68.